The molecule has 0 aliphatic rings. The first-order valence-electron chi connectivity index (χ1n) is 7.08. The molecule has 0 bridgehead atoms. The van der Waals surface area contributed by atoms with Gasteiger partial charge in [0.2, 0.25) is 0 Å². The number of benzene rings is 1. The zero-order valence-electron chi connectivity index (χ0n) is 12.7. The Kier molecular flexibility index (Phi) is 9.97. The Morgan fingerprint density at radius 2 is 0.913 bits per heavy atom. The van der Waals surface area contributed by atoms with E-state index in [1.807, 2.05) is 0 Å². The van der Waals surface area contributed by atoms with Crippen LogP contribution in [0.1, 0.15) is 56.8 Å². The van der Waals surface area contributed by atoms with Crippen LogP contribution in [0, 0.1) is 0 Å². The van der Waals surface area contributed by atoms with Crippen molar-refractivity contribution in [3.63, 3.8) is 0 Å². The van der Waals surface area contributed by atoms with E-state index in [4.69, 9.17) is 26.8 Å². The molecule has 7 N–H and O–H groups in total. The quantitative estimate of drug-likeness (QED) is 0.445. The summed E-state index contributed by atoms with van der Waals surface area (Å²) in [5, 5.41) is 25.8. The Labute approximate surface area is 133 Å². The zero-order valence-corrected chi connectivity index (χ0v) is 12.7. The minimum atomic E-state index is -1.37. The molecule has 0 saturated heterocycles. The molecule has 0 saturated carbocycles. The first-order chi connectivity index (χ1) is 10.8. The summed E-state index contributed by atoms with van der Waals surface area (Å²) < 4.78 is 0. The summed E-state index contributed by atoms with van der Waals surface area (Å²) in [4.78, 5) is 31.7. The maximum Gasteiger partial charge on any atom is 0.335 e. The van der Waals surface area contributed by atoms with Gasteiger partial charge in [-0.2, -0.15) is 0 Å². The highest BCUT2D eigenvalue weighted by molar-refractivity contribution is 5.98. The van der Waals surface area contributed by atoms with E-state index in [1.54, 1.807) is 0 Å². The molecule has 8 nitrogen and oxygen atoms in total. The standard InChI is InChI=1S/C9H6O6.C6H16N2/c10-7(11)4-1-5(8(12)13)3-6(2-4)9(14)15;7-5-3-1-2-4-6-8/h1-3H,(H,10,11)(H,12,13)(H,14,15);1-8H2. The molecule has 0 heterocycles. The van der Waals surface area contributed by atoms with Gasteiger partial charge in [0, 0.05) is 0 Å². The molecule has 0 spiro atoms. The average Bonchev–Trinajstić information content (AvgIpc) is 2.51. The maximum absolute atomic E-state index is 10.6. The van der Waals surface area contributed by atoms with Crippen molar-refractivity contribution in [2.45, 2.75) is 25.7 Å². The fourth-order valence-electron chi connectivity index (χ4n) is 1.64. The van der Waals surface area contributed by atoms with E-state index < -0.39 is 17.9 Å². The fourth-order valence-corrected chi connectivity index (χ4v) is 1.64. The topological polar surface area (TPSA) is 164 Å². The number of aromatic carboxylic acids is 3. The summed E-state index contributed by atoms with van der Waals surface area (Å²) >= 11 is 0. The van der Waals surface area contributed by atoms with Gasteiger partial charge in [-0.25, -0.2) is 14.4 Å². The first-order valence-corrected chi connectivity index (χ1v) is 7.08. The van der Waals surface area contributed by atoms with Crippen LogP contribution in [0.2, 0.25) is 0 Å². The number of carboxylic acid groups (broad SMARTS) is 3. The lowest BCUT2D eigenvalue weighted by atomic mass is 10.1. The highest BCUT2D eigenvalue weighted by atomic mass is 16.4. The van der Waals surface area contributed by atoms with Gasteiger partial charge < -0.3 is 26.8 Å². The van der Waals surface area contributed by atoms with Gasteiger partial charge in [-0.05, 0) is 44.1 Å². The summed E-state index contributed by atoms with van der Waals surface area (Å²) in [6.07, 6.45) is 4.79. The van der Waals surface area contributed by atoms with Crippen LogP contribution in [0.4, 0.5) is 0 Å². The van der Waals surface area contributed by atoms with Crippen molar-refractivity contribution < 1.29 is 29.7 Å². The first kappa shape index (κ1) is 20.6. The monoisotopic (exact) mass is 326 g/mol. The maximum atomic E-state index is 10.6. The van der Waals surface area contributed by atoms with Gasteiger partial charge in [-0.1, -0.05) is 12.8 Å². The van der Waals surface area contributed by atoms with Gasteiger partial charge in [0.05, 0.1) is 16.7 Å². The predicted molar refractivity (Wildman–Crippen MR) is 83.9 cm³/mol. The highest BCUT2D eigenvalue weighted by Crippen LogP contribution is 2.11. The van der Waals surface area contributed by atoms with Gasteiger partial charge >= 0.3 is 17.9 Å². The number of rotatable bonds is 8. The van der Waals surface area contributed by atoms with E-state index in [-0.39, 0.29) is 16.7 Å². The summed E-state index contributed by atoms with van der Waals surface area (Å²) in [5.74, 6) is -4.12. The molecule has 1 rings (SSSR count). The van der Waals surface area contributed by atoms with Crippen molar-refractivity contribution in [3.8, 4) is 0 Å². The number of carbonyl (C=O) groups is 3. The zero-order chi connectivity index (χ0) is 17.8. The highest BCUT2D eigenvalue weighted by Gasteiger charge is 2.14. The third-order valence-electron chi connectivity index (χ3n) is 2.83. The van der Waals surface area contributed by atoms with Crippen molar-refractivity contribution in [2.75, 3.05) is 13.1 Å². The molecule has 0 aliphatic carbocycles. The lowest BCUT2D eigenvalue weighted by Crippen LogP contribution is -2.07. The number of nitrogens with two attached hydrogens (primary N) is 2. The molecule has 8 heteroatoms. The molecule has 0 amide bonds. The summed E-state index contributed by atoms with van der Waals surface area (Å²) in [7, 11) is 0. The second-order valence-electron chi connectivity index (χ2n) is 4.71. The smallest absolute Gasteiger partial charge is 0.335 e. The predicted octanol–water partition coefficient (Wildman–Crippen LogP) is 1.25. The van der Waals surface area contributed by atoms with Crippen LogP contribution in [0.3, 0.4) is 0 Å². The normalized spacial score (nSPS) is 9.65. The second kappa shape index (κ2) is 11.2. The van der Waals surface area contributed by atoms with Gasteiger partial charge in [0.1, 0.15) is 0 Å². The summed E-state index contributed by atoms with van der Waals surface area (Å²) in [6, 6.07) is 2.70. The lowest BCUT2D eigenvalue weighted by molar-refractivity contribution is 0.0696. The number of hydrogen-bond acceptors (Lipinski definition) is 5. The Hall–Kier alpha value is -2.45. The molecule has 0 fully saturated rings. The molecule has 0 aliphatic heterocycles. The van der Waals surface area contributed by atoms with Gasteiger partial charge in [0.25, 0.3) is 0 Å². The van der Waals surface area contributed by atoms with E-state index in [2.05, 4.69) is 0 Å². The second-order valence-corrected chi connectivity index (χ2v) is 4.71. The van der Waals surface area contributed by atoms with Crippen molar-refractivity contribution in [2.24, 2.45) is 11.5 Å². The molecule has 128 valence electrons. The Morgan fingerprint density at radius 3 is 1.09 bits per heavy atom. The Bertz CT molecular complexity index is 460. The van der Waals surface area contributed by atoms with Gasteiger partial charge in [0.15, 0.2) is 0 Å². The van der Waals surface area contributed by atoms with Crippen molar-refractivity contribution in [3.05, 3.63) is 34.9 Å². The fraction of sp³-hybridized carbons (Fsp3) is 0.400. The van der Waals surface area contributed by atoms with Crippen molar-refractivity contribution in [1.29, 1.82) is 0 Å². The molecule has 0 atom stereocenters. The molecular weight excluding hydrogens is 304 g/mol. The SMILES string of the molecule is NCCCCCCN.O=C(O)c1cc(C(=O)O)cc(C(=O)O)c1. The van der Waals surface area contributed by atoms with E-state index in [1.165, 1.54) is 12.8 Å². The minimum Gasteiger partial charge on any atom is -0.478 e. The van der Waals surface area contributed by atoms with E-state index >= 15 is 0 Å². The van der Waals surface area contributed by atoms with Crippen LogP contribution in [0.5, 0.6) is 0 Å². The van der Waals surface area contributed by atoms with Crippen LogP contribution < -0.4 is 11.5 Å². The molecular formula is C15H22N2O6. The van der Waals surface area contributed by atoms with Crippen LogP contribution >= 0.6 is 0 Å². The van der Waals surface area contributed by atoms with Crippen LogP contribution in [-0.4, -0.2) is 46.3 Å². The third kappa shape index (κ3) is 8.54. The van der Waals surface area contributed by atoms with Crippen molar-refractivity contribution in [1.82, 2.24) is 0 Å². The lowest BCUT2D eigenvalue weighted by Gasteiger charge is -2.00. The van der Waals surface area contributed by atoms with Crippen LogP contribution in [0.25, 0.3) is 0 Å². The Morgan fingerprint density at radius 1 is 0.652 bits per heavy atom. The molecule has 1 aromatic carbocycles. The van der Waals surface area contributed by atoms with Crippen molar-refractivity contribution >= 4 is 17.9 Å². The summed E-state index contributed by atoms with van der Waals surface area (Å²) in [6.45, 7) is 1.65. The van der Waals surface area contributed by atoms with Crippen LogP contribution in [-0.2, 0) is 0 Å². The largest absolute Gasteiger partial charge is 0.478 e. The van der Waals surface area contributed by atoms with Crippen LogP contribution in [0.15, 0.2) is 18.2 Å². The molecule has 0 unspecified atom stereocenters. The van der Waals surface area contributed by atoms with E-state index in [0.29, 0.717) is 0 Å². The minimum absolute atomic E-state index is 0.368. The molecule has 23 heavy (non-hydrogen) atoms. The molecule has 0 radical (unpaired) electrons. The number of hydrogen-bond donors (Lipinski definition) is 5. The number of unbranched alkanes of at least 4 members (excludes halogenated alkanes) is 3. The molecule has 0 aromatic heterocycles. The van der Waals surface area contributed by atoms with E-state index in [0.717, 1.165) is 44.1 Å². The third-order valence-corrected chi connectivity index (χ3v) is 2.83. The number of carboxylic acids is 3. The van der Waals surface area contributed by atoms with Gasteiger partial charge in [-0.3, -0.25) is 0 Å². The van der Waals surface area contributed by atoms with E-state index in [9.17, 15) is 14.4 Å². The Balaban J connectivity index is 0.000000515. The summed E-state index contributed by atoms with van der Waals surface area (Å²) in [5.41, 5.74) is 9.45. The van der Waals surface area contributed by atoms with Gasteiger partial charge in [-0.15, -0.1) is 0 Å². The molecule has 1 aromatic rings. The average molecular weight is 326 g/mol.